The lowest BCUT2D eigenvalue weighted by Crippen LogP contribution is -2.22. The SMILES string of the molecule is CC(=O)NCCc1c[nH]c2ccccc12.O. The molecule has 0 aliphatic rings. The fourth-order valence-electron chi connectivity index (χ4n) is 1.71. The highest BCUT2D eigenvalue weighted by atomic mass is 16.1. The minimum absolute atomic E-state index is 0. The normalized spacial score (nSPS) is 9.81. The van der Waals surface area contributed by atoms with Crippen molar-refractivity contribution in [3.8, 4) is 0 Å². The third kappa shape index (κ3) is 2.61. The molecule has 4 nitrogen and oxygen atoms in total. The van der Waals surface area contributed by atoms with Gasteiger partial charge in [-0.15, -0.1) is 0 Å². The number of fused-ring (bicyclic) bond motifs is 1. The second-order valence-corrected chi connectivity index (χ2v) is 3.59. The first-order chi connectivity index (χ1) is 7.27. The summed E-state index contributed by atoms with van der Waals surface area (Å²) in [6.45, 7) is 2.23. The van der Waals surface area contributed by atoms with Gasteiger partial charge in [0.05, 0.1) is 0 Å². The fourth-order valence-corrected chi connectivity index (χ4v) is 1.71. The Morgan fingerprint density at radius 3 is 2.88 bits per heavy atom. The molecule has 1 aromatic heterocycles. The first-order valence-corrected chi connectivity index (χ1v) is 5.07. The molecule has 86 valence electrons. The minimum Gasteiger partial charge on any atom is -0.412 e. The van der Waals surface area contributed by atoms with Crippen molar-refractivity contribution in [3.05, 3.63) is 36.0 Å². The van der Waals surface area contributed by atoms with Gasteiger partial charge in [0.2, 0.25) is 5.91 Å². The predicted molar refractivity (Wildman–Crippen MR) is 64.3 cm³/mol. The van der Waals surface area contributed by atoms with Gasteiger partial charge in [-0.2, -0.15) is 0 Å². The van der Waals surface area contributed by atoms with Gasteiger partial charge in [0, 0.05) is 30.6 Å². The standard InChI is InChI=1S/C12H14N2O.H2O/c1-9(15)13-7-6-10-8-14-12-5-3-2-4-11(10)12;/h2-5,8,14H,6-7H2,1H3,(H,13,15);1H2. The number of carbonyl (C=O) groups excluding carboxylic acids is 1. The minimum atomic E-state index is 0. The highest BCUT2D eigenvalue weighted by Crippen LogP contribution is 2.17. The molecule has 0 fully saturated rings. The molecule has 4 heteroatoms. The average Bonchev–Trinajstić information content (AvgIpc) is 2.62. The molecule has 0 saturated carbocycles. The predicted octanol–water partition coefficient (Wildman–Crippen LogP) is 1.02. The van der Waals surface area contributed by atoms with E-state index in [1.54, 1.807) is 0 Å². The summed E-state index contributed by atoms with van der Waals surface area (Å²) in [5.41, 5.74) is 2.40. The van der Waals surface area contributed by atoms with Gasteiger partial charge >= 0.3 is 0 Å². The number of carbonyl (C=O) groups is 1. The van der Waals surface area contributed by atoms with Gasteiger partial charge < -0.3 is 15.8 Å². The van der Waals surface area contributed by atoms with Crippen LogP contribution in [0.3, 0.4) is 0 Å². The Balaban J connectivity index is 0.00000128. The van der Waals surface area contributed by atoms with Gasteiger partial charge in [-0.3, -0.25) is 4.79 Å². The molecule has 4 N–H and O–H groups in total. The summed E-state index contributed by atoms with van der Waals surface area (Å²) in [4.78, 5) is 13.9. The Labute approximate surface area is 94.0 Å². The number of rotatable bonds is 3. The number of aromatic amines is 1. The maximum Gasteiger partial charge on any atom is 0.216 e. The average molecular weight is 220 g/mol. The van der Waals surface area contributed by atoms with E-state index in [1.165, 1.54) is 17.9 Å². The van der Waals surface area contributed by atoms with Crippen molar-refractivity contribution in [1.82, 2.24) is 10.3 Å². The quantitative estimate of drug-likeness (QED) is 0.796. The largest absolute Gasteiger partial charge is 0.412 e. The van der Waals surface area contributed by atoms with E-state index in [0.29, 0.717) is 6.54 Å². The number of nitrogens with one attached hydrogen (secondary N) is 2. The van der Waals surface area contributed by atoms with Crippen molar-refractivity contribution >= 4 is 16.8 Å². The molecular formula is C12H16N2O2. The summed E-state index contributed by atoms with van der Waals surface area (Å²) >= 11 is 0. The van der Waals surface area contributed by atoms with Crippen molar-refractivity contribution in [1.29, 1.82) is 0 Å². The molecule has 16 heavy (non-hydrogen) atoms. The first-order valence-electron chi connectivity index (χ1n) is 5.07. The monoisotopic (exact) mass is 220 g/mol. The highest BCUT2D eigenvalue weighted by Gasteiger charge is 2.02. The molecule has 0 aliphatic carbocycles. The molecule has 0 atom stereocenters. The molecule has 0 aliphatic heterocycles. The van der Waals surface area contributed by atoms with Crippen molar-refractivity contribution in [2.75, 3.05) is 6.54 Å². The van der Waals surface area contributed by atoms with E-state index in [-0.39, 0.29) is 11.4 Å². The fraction of sp³-hybridized carbons (Fsp3) is 0.250. The summed E-state index contributed by atoms with van der Waals surface area (Å²) in [6, 6.07) is 8.18. The van der Waals surface area contributed by atoms with Crippen LogP contribution in [0.25, 0.3) is 10.9 Å². The molecule has 1 aromatic carbocycles. The van der Waals surface area contributed by atoms with Crippen molar-refractivity contribution in [2.24, 2.45) is 0 Å². The summed E-state index contributed by atoms with van der Waals surface area (Å²) < 4.78 is 0. The van der Waals surface area contributed by atoms with E-state index < -0.39 is 0 Å². The van der Waals surface area contributed by atoms with Crippen LogP contribution < -0.4 is 5.32 Å². The Bertz CT molecular complexity index is 477. The number of hydrogen-bond donors (Lipinski definition) is 2. The van der Waals surface area contributed by atoms with Crippen LogP contribution in [0.5, 0.6) is 0 Å². The number of para-hydroxylation sites is 1. The van der Waals surface area contributed by atoms with Crippen LogP contribution in [0, 0.1) is 0 Å². The Morgan fingerprint density at radius 1 is 1.38 bits per heavy atom. The molecular weight excluding hydrogens is 204 g/mol. The Morgan fingerprint density at radius 2 is 2.12 bits per heavy atom. The second-order valence-electron chi connectivity index (χ2n) is 3.59. The molecule has 0 unspecified atom stereocenters. The summed E-state index contributed by atoms with van der Waals surface area (Å²) in [5.74, 6) is 0.0230. The number of benzene rings is 1. The van der Waals surface area contributed by atoms with E-state index >= 15 is 0 Å². The van der Waals surface area contributed by atoms with Crippen molar-refractivity contribution in [3.63, 3.8) is 0 Å². The van der Waals surface area contributed by atoms with Crippen LogP contribution in [-0.2, 0) is 11.2 Å². The maximum absolute atomic E-state index is 10.7. The molecule has 1 heterocycles. The second kappa shape index (κ2) is 5.32. The summed E-state index contributed by atoms with van der Waals surface area (Å²) in [5, 5.41) is 4.03. The van der Waals surface area contributed by atoms with Gasteiger partial charge in [0.15, 0.2) is 0 Å². The molecule has 2 rings (SSSR count). The molecule has 0 spiro atoms. The third-order valence-corrected chi connectivity index (χ3v) is 2.44. The van der Waals surface area contributed by atoms with Crippen LogP contribution in [0.4, 0.5) is 0 Å². The Hall–Kier alpha value is -1.81. The number of hydrogen-bond acceptors (Lipinski definition) is 1. The van der Waals surface area contributed by atoms with Gasteiger partial charge in [-0.05, 0) is 18.1 Å². The van der Waals surface area contributed by atoms with Crippen LogP contribution in [0.2, 0.25) is 0 Å². The zero-order chi connectivity index (χ0) is 10.7. The van der Waals surface area contributed by atoms with E-state index in [9.17, 15) is 4.79 Å². The number of H-pyrrole nitrogens is 1. The maximum atomic E-state index is 10.7. The topological polar surface area (TPSA) is 76.4 Å². The lowest BCUT2D eigenvalue weighted by molar-refractivity contribution is -0.118. The zero-order valence-corrected chi connectivity index (χ0v) is 9.21. The van der Waals surface area contributed by atoms with E-state index in [1.807, 2.05) is 18.3 Å². The summed E-state index contributed by atoms with van der Waals surface area (Å²) in [7, 11) is 0. The molecule has 2 aromatic rings. The first kappa shape index (κ1) is 12.3. The van der Waals surface area contributed by atoms with Crippen LogP contribution in [0.1, 0.15) is 12.5 Å². The molecule has 0 bridgehead atoms. The van der Waals surface area contributed by atoms with E-state index in [0.717, 1.165) is 11.9 Å². The third-order valence-electron chi connectivity index (χ3n) is 2.44. The number of amides is 1. The van der Waals surface area contributed by atoms with E-state index in [2.05, 4.69) is 22.4 Å². The van der Waals surface area contributed by atoms with Crippen LogP contribution in [0.15, 0.2) is 30.5 Å². The van der Waals surface area contributed by atoms with Crippen LogP contribution in [-0.4, -0.2) is 22.9 Å². The molecule has 1 amide bonds. The van der Waals surface area contributed by atoms with Crippen molar-refractivity contribution < 1.29 is 10.3 Å². The molecule has 0 radical (unpaired) electrons. The van der Waals surface area contributed by atoms with Gasteiger partial charge in [-0.1, -0.05) is 18.2 Å². The van der Waals surface area contributed by atoms with Gasteiger partial charge in [-0.25, -0.2) is 0 Å². The highest BCUT2D eigenvalue weighted by molar-refractivity contribution is 5.83. The summed E-state index contributed by atoms with van der Waals surface area (Å²) in [6.07, 6.45) is 2.87. The van der Waals surface area contributed by atoms with E-state index in [4.69, 9.17) is 0 Å². The van der Waals surface area contributed by atoms with Crippen molar-refractivity contribution in [2.45, 2.75) is 13.3 Å². The molecule has 0 saturated heterocycles. The van der Waals surface area contributed by atoms with Gasteiger partial charge in [0.25, 0.3) is 0 Å². The smallest absolute Gasteiger partial charge is 0.216 e. The van der Waals surface area contributed by atoms with Gasteiger partial charge in [0.1, 0.15) is 0 Å². The lowest BCUT2D eigenvalue weighted by atomic mass is 10.1. The van der Waals surface area contributed by atoms with Crippen LogP contribution >= 0.6 is 0 Å². The Kier molecular flexibility index (Phi) is 4.08. The number of aromatic nitrogens is 1. The lowest BCUT2D eigenvalue weighted by Gasteiger charge is -2.00. The zero-order valence-electron chi connectivity index (χ0n) is 9.21.